The van der Waals surface area contributed by atoms with Crippen molar-refractivity contribution >= 4 is 11.6 Å². The summed E-state index contributed by atoms with van der Waals surface area (Å²) in [5, 5.41) is 3.03. The molecule has 140 valence electrons. The Kier molecular flexibility index (Phi) is 6.06. The van der Waals surface area contributed by atoms with E-state index in [9.17, 15) is 4.79 Å². The minimum Gasteiger partial charge on any atom is -0.334 e. The van der Waals surface area contributed by atoms with Crippen LogP contribution in [0.15, 0.2) is 30.6 Å². The molecule has 1 fully saturated rings. The molecule has 1 saturated heterocycles. The maximum absolute atomic E-state index is 12.3. The highest BCUT2D eigenvalue weighted by Crippen LogP contribution is 2.14. The molecule has 2 aromatic rings. The number of imidazole rings is 1. The second kappa shape index (κ2) is 8.47. The van der Waals surface area contributed by atoms with Crippen molar-refractivity contribution in [2.45, 2.75) is 27.3 Å². The SMILES string of the molecule is Cc1cc(C)cc(NC(=O)CN2CCN(CCn3ccnc3C)CC2)c1. The van der Waals surface area contributed by atoms with E-state index in [4.69, 9.17) is 0 Å². The van der Waals surface area contributed by atoms with E-state index in [2.05, 4.69) is 30.7 Å². The van der Waals surface area contributed by atoms with Crippen molar-refractivity contribution in [3.8, 4) is 0 Å². The van der Waals surface area contributed by atoms with E-state index in [1.54, 1.807) is 0 Å². The number of benzene rings is 1. The summed E-state index contributed by atoms with van der Waals surface area (Å²) in [6.45, 7) is 12.5. The van der Waals surface area contributed by atoms with Gasteiger partial charge in [0, 0.05) is 57.3 Å². The number of aromatic nitrogens is 2. The summed E-state index contributed by atoms with van der Waals surface area (Å²) in [5.74, 6) is 1.13. The van der Waals surface area contributed by atoms with Crippen molar-refractivity contribution in [2.75, 3.05) is 44.6 Å². The summed E-state index contributed by atoms with van der Waals surface area (Å²) in [4.78, 5) is 21.3. The number of nitrogens with one attached hydrogen (secondary N) is 1. The number of carbonyl (C=O) groups is 1. The number of hydrogen-bond acceptors (Lipinski definition) is 4. The zero-order chi connectivity index (χ0) is 18.5. The van der Waals surface area contributed by atoms with Gasteiger partial charge >= 0.3 is 0 Å². The Balaban J connectivity index is 1.40. The summed E-state index contributed by atoms with van der Waals surface area (Å²) >= 11 is 0. The van der Waals surface area contributed by atoms with Gasteiger partial charge in [0.15, 0.2) is 0 Å². The standard InChI is InChI=1S/C20H29N5O/c1-16-12-17(2)14-19(13-16)22-20(26)15-24-8-6-23(7-9-24)10-11-25-5-4-21-18(25)3/h4-5,12-14H,6-11,15H2,1-3H3,(H,22,26). The Hall–Kier alpha value is -2.18. The lowest BCUT2D eigenvalue weighted by Crippen LogP contribution is -2.49. The van der Waals surface area contributed by atoms with E-state index in [-0.39, 0.29) is 5.91 Å². The number of amides is 1. The Morgan fingerprint density at radius 3 is 2.27 bits per heavy atom. The van der Waals surface area contributed by atoms with Gasteiger partial charge in [-0.2, -0.15) is 0 Å². The number of anilines is 1. The van der Waals surface area contributed by atoms with Crippen LogP contribution < -0.4 is 5.32 Å². The first kappa shape index (κ1) is 18.6. The number of aryl methyl sites for hydroxylation is 3. The van der Waals surface area contributed by atoms with Crippen molar-refractivity contribution in [1.29, 1.82) is 0 Å². The third-order valence-corrected chi connectivity index (χ3v) is 4.92. The van der Waals surface area contributed by atoms with Gasteiger partial charge in [-0.05, 0) is 44.0 Å². The van der Waals surface area contributed by atoms with Crippen LogP contribution in [-0.4, -0.2) is 64.5 Å². The highest BCUT2D eigenvalue weighted by atomic mass is 16.2. The van der Waals surface area contributed by atoms with E-state index in [1.165, 1.54) is 11.1 Å². The van der Waals surface area contributed by atoms with Gasteiger partial charge in [-0.25, -0.2) is 4.98 Å². The molecule has 0 unspecified atom stereocenters. The lowest BCUT2D eigenvalue weighted by Gasteiger charge is -2.34. The van der Waals surface area contributed by atoms with Crippen LogP contribution in [-0.2, 0) is 11.3 Å². The first-order valence-electron chi connectivity index (χ1n) is 9.30. The molecule has 6 nitrogen and oxygen atoms in total. The van der Waals surface area contributed by atoms with Crippen LogP contribution in [0.1, 0.15) is 17.0 Å². The average molecular weight is 355 g/mol. The van der Waals surface area contributed by atoms with Crippen LogP contribution in [0.25, 0.3) is 0 Å². The highest BCUT2D eigenvalue weighted by Gasteiger charge is 2.19. The normalized spacial score (nSPS) is 16.0. The molecule has 6 heteroatoms. The molecular weight excluding hydrogens is 326 g/mol. The topological polar surface area (TPSA) is 53.4 Å². The van der Waals surface area contributed by atoms with Gasteiger partial charge in [-0.3, -0.25) is 14.6 Å². The first-order chi connectivity index (χ1) is 12.5. The third kappa shape index (κ3) is 5.16. The fourth-order valence-corrected chi connectivity index (χ4v) is 3.51. The maximum Gasteiger partial charge on any atom is 0.238 e. The molecule has 0 radical (unpaired) electrons. The smallest absolute Gasteiger partial charge is 0.238 e. The zero-order valence-electron chi connectivity index (χ0n) is 16.0. The molecule has 2 heterocycles. The largest absolute Gasteiger partial charge is 0.334 e. The predicted octanol–water partition coefficient (Wildman–Crippen LogP) is 2.06. The second-order valence-electron chi connectivity index (χ2n) is 7.21. The quantitative estimate of drug-likeness (QED) is 0.862. The molecule has 0 saturated carbocycles. The Bertz CT molecular complexity index is 726. The van der Waals surface area contributed by atoms with Gasteiger partial charge in [-0.1, -0.05) is 6.07 Å². The van der Waals surface area contributed by atoms with E-state index in [0.29, 0.717) is 6.54 Å². The zero-order valence-corrected chi connectivity index (χ0v) is 16.0. The summed E-state index contributed by atoms with van der Waals surface area (Å²) in [7, 11) is 0. The number of piperazine rings is 1. The first-order valence-corrected chi connectivity index (χ1v) is 9.30. The van der Waals surface area contributed by atoms with Crippen molar-refractivity contribution < 1.29 is 4.79 Å². The number of hydrogen-bond donors (Lipinski definition) is 1. The van der Waals surface area contributed by atoms with Gasteiger partial charge in [-0.15, -0.1) is 0 Å². The molecule has 0 atom stereocenters. The van der Waals surface area contributed by atoms with Crippen molar-refractivity contribution in [2.24, 2.45) is 0 Å². The van der Waals surface area contributed by atoms with E-state index in [1.807, 2.05) is 45.3 Å². The molecule has 1 N–H and O–H groups in total. The van der Waals surface area contributed by atoms with Crippen LogP contribution in [0, 0.1) is 20.8 Å². The lowest BCUT2D eigenvalue weighted by atomic mass is 10.1. The maximum atomic E-state index is 12.3. The Morgan fingerprint density at radius 1 is 1.00 bits per heavy atom. The average Bonchev–Trinajstić information content (AvgIpc) is 2.98. The molecule has 0 spiro atoms. The molecule has 0 aliphatic carbocycles. The van der Waals surface area contributed by atoms with E-state index >= 15 is 0 Å². The molecular formula is C20H29N5O. The molecule has 1 aromatic carbocycles. The van der Waals surface area contributed by atoms with Crippen molar-refractivity contribution in [3.05, 3.63) is 47.5 Å². The van der Waals surface area contributed by atoms with Gasteiger partial charge < -0.3 is 9.88 Å². The van der Waals surface area contributed by atoms with Gasteiger partial charge in [0.05, 0.1) is 6.54 Å². The van der Waals surface area contributed by atoms with Gasteiger partial charge in [0.2, 0.25) is 5.91 Å². The summed E-state index contributed by atoms with van der Waals surface area (Å²) in [5.41, 5.74) is 3.23. The fourth-order valence-electron chi connectivity index (χ4n) is 3.51. The van der Waals surface area contributed by atoms with Crippen LogP contribution in [0.2, 0.25) is 0 Å². The molecule has 1 aromatic heterocycles. The van der Waals surface area contributed by atoms with Crippen LogP contribution in [0.5, 0.6) is 0 Å². The minimum absolute atomic E-state index is 0.0671. The highest BCUT2D eigenvalue weighted by molar-refractivity contribution is 5.92. The van der Waals surface area contributed by atoms with Crippen LogP contribution in [0.4, 0.5) is 5.69 Å². The van der Waals surface area contributed by atoms with E-state index < -0.39 is 0 Å². The number of carbonyl (C=O) groups excluding carboxylic acids is 1. The summed E-state index contributed by atoms with van der Waals surface area (Å²) in [6, 6.07) is 6.14. The monoisotopic (exact) mass is 355 g/mol. The second-order valence-corrected chi connectivity index (χ2v) is 7.21. The Labute approximate surface area is 155 Å². The predicted molar refractivity (Wildman–Crippen MR) is 104 cm³/mol. The molecule has 26 heavy (non-hydrogen) atoms. The number of rotatable bonds is 6. The van der Waals surface area contributed by atoms with Crippen LogP contribution in [0.3, 0.4) is 0 Å². The number of nitrogens with zero attached hydrogens (tertiary/aromatic N) is 4. The van der Waals surface area contributed by atoms with E-state index in [0.717, 1.165) is 50.8 Å². The van der Waals surface area contributed by atoms with Gasteiger partial charge in [0.25, 0.3) is 0 Å². The fraction of sp³-hybridized carbons (Fsp3) is 0.500. The van der Waals surface area contributed by atoms with Crippen molar-refractivity contribution in [3.63, 3.8) is 0 Å². The molecule has 3 rings (SSSR count). The molecule has 1 aliphatic rings. The minimum atomic E-state index is 0.0671. The Morgan fingerprint density at radius 2 is 1.65 bits per heavy atom. The van der Waals surface area contributed by atoms with Crippen molar-refractivity contribution in [1.82, 2.24) is 19.4 Å². The molecule has 1 aliphatic heterocycles. The molecule has 1 amide bonds. The lowest BCUT2D eigenvalue weighted by molar-refractivity contribution is -0.117. The van der Waals surface area contributed by atoms with Crippen LogP contribution >= 0.6 is 0 Å². The molecule has 0 bridgehead atoms. The third-order valence-electron chi connectivity index (χ3n) is 4.92. The summed E-state index contributed by atoms with van der Waals surface area (Å²) < 4.78 is 2.18. The summed E-state index contributed by atoms with van der Waals surface area (Å²) in [6.07, 6.45) is 3.88. The van der Waals surface area contributed by atoms with Gasteiger partial charge in [0.1, 0.15) is 5.82 Å².